The van der Waals surface area contributed by atoms with Crippen molar-refractivity contribution in [2.75, 3.05) is 20.1 Å². The summed E-state index contributed by atoms with van der Waals surface area (Å²) in [5, 5.41) is -0.292. The second-order valence-corrected chi connectivity index (χ2v) is 8.28. The first kappa shape index (κ1) is 19.2. The molecule has 0 radical (unpaired) electrons. The topological polar surface area (TPSA) is 63.4 Å². The summed E-state index contributed by atoms with van der Waals surface area (Å²) in [4.78, 5) is -0.498. The van der Waals surface area contributed by atoms with Crippen molar-refractivity contribution in [3.63, 3.8) is 0 Å². The molecular weight excluding hydrogens is 341 g/mol. The Morgan fingerprint density at radius 1 is 1.23 bits per heavy atom. The molecule has 0 aromatic heterocycles. The summed E-state index contributed by atoms with van der Waals surface area (Å²) >= 11 is 5.62. The molecular formula is C13H18ClF3N2O2S. The van der Waals surface area contributed by atoms with Gasteiger partial charge in [-0.25, -0.2) is 12.7 Å². The Labute approximate surface area is 133 Å². The number of hydrogen-bond acceptors (Lipinski definition) is 3. The highest BCUT2D eigenvalue weighted by Crippen LogP contribution is 2.33. The molecule has 0 bridgehead atoms. The molecule has 0 saturated carbocycles. The fraction of sp³-hybridized carbons (Fsp3) is 0.538. The lowest BCUT2D eigenvalue weighted by molar-refractivity contribution is -0.137. The maximum Gasteiger partial charge on any atom is 0.416 e. The highest BCUT2D eigenvalue weighted by Gasteiger charge is 2.34. The van der Waals surface area contributed by atoms with E-state index in [2.05, 4.69) is 0 Å². The van der Waals surface area contributed by atoms with E-state index in [0.29, 0.717) is 12.1 Å². The molecule has 0 aliphatic carbocycles. The number of alkyl halides is 3. The lowest BCUT2D eigenvalue weighted by Crippen LogP contribution is -2.39. The summed E-state index contributed by atoms with van der Waals surface area (Å²) in [6, 6.07) is 2.26. The second kappa shape index (κ2) is 6.35. The van der Waals surface area contributed by atoms with Crippen LogP contribution in [0, 0.1) is 5.41 Å². The Kier molecular flexibility index (Phi) is 5.55. The van der Waals surface area contributed by atoms with Gasteiger partial charge in [0.2, 0.25) is 10.0 Å². The van der Waals surface area contributed by atoms with E-state index in [4.69, 9.17) is 17.3 Å². The predicted molar refractivity (Wildman–Crippen MR) is 79.1 cm³/mol. The van der Waals surface area contributed by atoms with Crippen LogP contribution >= 0.6 is 11.6 Å². The molecule has 0 atom stereocenters. The Hall–Kier alpha value is -0.830. The highest BCUT2D eigenvalue weighted by atomic mass is 35.5. The lowest BCUT2D eigenvalue weighted by atomic mass is 9.94. The van der Waals surface area contributed by atoms with E-state index < -0.39 is 32.1 Å². The summed E-state index contributed by atoms with van der Waals surface area (Å²) in [6.07, 6.45) is -4.68. The summed E-state index contributed by atoms with van der Waals surface area (Å²) < 4.78 is 64.1. The van der Waals surface area contributed by atoms with Crippen LogP contribution in [0.5, 0.6) is 0 Å². The number of rotatable bonds is 5. The van der Waals surface area contributed by atoms with Gasteiger partial charge in [0, 0.05) is 18.6 Å². The minimum atomic E-state index is -4.68. The molecule has 0 aliphatic heterocycles. The molecule has 0 spiro atoms. The van der Waals surface area contributed by atoms with Crippen molar-refractivity contribution in [1.29, 1.82) is 0 Å². The molecule has 1 rings (SSSR count). The smallest absolute Gasteiger partial charge is 0.330 e. The molecule has 1 aromatic carbocycles. The molecule has 0 unspecified atom stereocenters. The van der Waals surface area contributed by atoms with Crippen LogP contribution in [-0.4, -0.2) is 32.9 Å². The van der Waals surface area contributed by atoms with Gasteiger partial charge in [-0.05, 0) is 30.2 Å². The summed E-state index contributed by atoms with van der Waals surface area (Å²) in [6.45, 7) is 3.83. The van der Waals surface area contributed by atoms with Gasteiger partial charge in [0.1, 0.15) is 0 Å². The fourth-order valence-corrected chi connectivity index (χ4v) is 3.54. The van der Waals surface area contributed by atoms with Crippen molar-refractivity contribution in [1.82, 2.24) is 4.31 Å². The number of nitrogens with two attached hydrogens (primary N) is 1. The van der Waals surface area contributed by atoms with E-state index in [9.17, 15) is 21.6 Å². The van der Waals surface area contributed by atoms with Crippen LogP contribution in [0.2, 0.25) is 5.02 Å². The van der Waals surface area contributed by atoms with Gasteiger partial charge in [0.15, 0.2) is 0 Å². The summed E-state index contributed by atoms with van der Waals surface area (Å²) in [5.74, 6) is 0. The zero-order valence-corrected chi connectivity index (χ0v) is 14.0. The van der Waals surface area contributed by atoms with Crippen molar-refractivity contribution in [3.05, 3.63) is 28.8 Å². The van der Waals surface area contributed by atoms with Crippen molar-refractivity contribution in [3.8, 4) is 0 Å². The van der Waals surface area contributed by atoms with Crippen LogP contribution in [0.15, 0.2) is 23.1 Å². The molecule has 126 valence electrons. The standard InChI is InChI=1S/C13H18ClF3N2O2S/c1-12(2,7-18)8-19(3)22(20,21)11-5-9(13(15,16)17)4-10(14)6-11/h4-6H,7-8,18H2,1-3H3. The van der Waals surface area contributed by atoms with Crippen LogP contribution in [0.4, 0.5) is 13.2 Å². The zero-order valence-electron chi connectivity index (χ0n) is 12.4. The van der Waals surface area contributed by atoms with Crippen LogP contribution in [0.1, 0.15) is 19.4 Å². The van der Waals surface area contributed by atoms with Gasteiger partial charge in [0.05, 0.1) is 10.5 Å². The van der Waals surface area contributed by atoms with Gasteiger partial charge in [-0.15, -0.1) is 0 Å². The Morgan fingerprint density at radius 3 is 2.23 bits per heavy atom. The first-order chi connectivity index (χ1) is 9.79. The molecule has 22 heavy (non-hydrogen) atoms. The molecule has 4 nitrogen and oxygen atoms in total. The number of sulfonamides is 1. The number of halogens is 4. The van der Waals surface area contributed by atoms with E-state index in [0.717, 1.165) is 10.4 Å². The second-order valence-electron chi connectivity index (χ2n) is 5.80. The molecule has 2 N–H and O–H groups in total. The van der Waals surface area contributed by atoms with Gasteiger partial charge in [-0.3, -0.25) is 0 Å². The number of benzene rings is 1. The van der Waals surface area contributed by atoms with Crippen LogP contribution in [0.25, 0.3) is 0 Å². The Balaban J connectivity index is 3.26. The molecule has 0 aliphatic rings. The normalized spacial score (nSPS) is 13.7. The Bertz CT molecular complexity index is 645. The van der Waals surface area contributed by atoms with Gasteiger partial charge in [-0.1, -0.05) is 25.4 Å². The first-order valence-electron chi connectivity index (χ1n) is 6.34. The summed E-state index contributed by atoms with van der Waals surface area (Å²) in [7, 11) is -2.80. The average molecular weight is 359 g/mol. The van der Waals surface area contributed by atoms with Gasteiger partial charge >= 0.3 is 6.18 Å². The largest absolute Gasteiger partial charge is 0.416 e. The molecule has 0 saturated heterocycles. The van der Waals surface area contributed by atoms with Crippen molar-refractivity contribution >= 4 is 21.6 Å². The third-order valence-electron chi connectivity index (χ3n) is 3.11. The molecule has 0 heterocycles. The lowest BCUT2D eigenvalue weighted by Gasteiger charge is -2.28. The van der Waals surface area contributed by atoms with Crippen LogP contribution in [-0.2, 0) is 16.2 Å². The maximum absolute atomic E-state index is 12.8. The third kappa shape index (κ3) is 4.58. The number of nitrogens with zero attached hydrogens (tertiary/aromatic N) is 1. The highest BCUT2D eigenvalue weighted by molar-refractivity contribution is 7.89. The van der Waals surface area contributed by atoms with Gasteiger partial charge in [0.25, 0.3) is 0 Å². The van der Waals surface area contributed by atoms with E-state index in [1.807, 2.05) is 0 Å². The van der Waals surface area contributed by atoms with Crippen LogP contribution < -0.4 is 5.73 Å². The fourth-order valence-electron chi connectivity index (χ4n) is 1.81. The SMILES string of the molecule is CN(CC(C)(C)CN)S(=O)(=O)c1cc(Cl)cc(C(F)(F)F)c1. The van der Waals surface area contributed by atoms with Gasteiger partial charge in [-0.2, -0.15) is 13.2 Å². The average Bonchev–Trinajstić information content (AvgIpc) is 2.36. The molecule has 1 aromatic rings. The van der Waals surface area contributed by atoms with E-state index >= 15 is 0 Å². The van der Waals surface area contributed by atoms with E-state index in [1.165, 1.54) is 7.05 Å². The summed E-state index contributed by atoms with van der Waals surface area (Å²) in [5.41, 5.74) is 3.94. The van der Waals surface area contributed by atoms with Crippen molar-refractivity contribution < 1.29 is 21.6 Å². The predicted octanol–water partition coefficient (Wildman–Crippen LogP) is 2.96. The van der Waals surface area contributed by atoms with Gasteiger partial charge < -0.3 is 5.73 Å². The first-order valence-corrected chi connectivity index (χ1v) is 8.15. The number of hydrogen-bond donors (Lipinski definition) is 1. The van der Waals surface area contributed by atoms with Crippen molar-refractivity contribution in [2.24, 2.45) is 11.1 Å². The molecule has 0 fully saturated rings. The third-order valence-corrected chi connectivity index (χ3v) is 5.11. The monoisotopic (exact) mass is 358 g/mol. The quantitative estimate of drug-likeness (QED) is 0.880. The minimum Gasteiger partial charge on any atom is -0.330 e. The van der Waals surface area contributed by atoms with Crippen LogP contribution in [0.3, 0.4) is 0 Å². The Morgan fingerprint density at radius 2 is 1.77 bits per heavy atom. The minimum absolute atomic E-state index is 0.0691. The maximum atomic E-state index is 12.8. The zero-order chi connectivity index (χ0) is 17.3. The molecule has 0 amide bonds. The van der Waals surface area contributed by atoms with E-state index in [-0.39, 0.29) is 18.1 Å². The molecule has 9 heteroatoms. The van der Waals surface area contributed by atoms with E-state index in [1.54, 1.807) is 13.8 Å². The van der Waals surface area contributed by atoms with Crippen molar-refractivity contribution in [2.45, 2.75) is 24.9 Å².